The Morgan fingerprint density at radius 3 is 0.857 bits per heavy atom. The summed E-state index contributed by atoms with van der Waals surface area (Å²) in [6, 6.07) is 0. The Hall–Kier alpha value is 3.78. The van der Waals surface area contributed by atoms with Crippen molar-refractivity contribution in [2.45, 2.75) is 68.7 Å². The van der Waals surface area contributed by atoms with Crippen LogP contribution in [0.15, 0.2) is 0 Å². The van der Waals surface area contributed by atoms with Crippen LogP contribution in [-0.2, 0) is 0 Å². The first-order valence-electron chi connectivity index (χ1n) is 4.68. The van der Waals surface area contributed by atoms with Crippen molar-refractivity contribution in [3.63, 3.8) is 0 Å². The van der Waals surface area contributed by atoms with Gasteiger partial charge in [-0.1, -0.05) is 68.7 Å². The molecule has 0 rings (SSSR count). The largest absolute Gasteiger partial charge is 0.0776 e. The molecule has 0 aromatic rings. The van der Waals surface area contributed by atoms with E-state index in [9.17, 15) is 0 Å². The molecule has 0 bridgehead atoms. The molecule has 0 N–H and O–H groups in total. The van der Waals surface area contributed by atoms with Gasteiger partial charge in [0.2, 0.25) is 0 Å². The molecule has 0 aliphatic heterocycles. The molecule has 0 aromatic carbocycles. The smallest absolute Gasteiger partial charge is 0 e. The maximum Gasteiger partial charge on any atom is 0 e. The van der Waals surface area contributed by atoms with Gasteiger partial charge in [-0.15, -0.1) is 0 Å². The second kappa shape index (κ2) is 54.2. The summed E-state index contributed by atoms with van der Waals surface area (Å²) in [5, 5.41) is 0. The Morgan fingerprint density at radius 1 is 0.786 bits per heavy atom. The van der Waals surface area contributed by atoms with Crippen molar-refractivity contribution >= 4 is 0 Å². The van der Waals surface area contributed by atoms with Crippen molar-refractivity contribution in [3.8, 4) is 0 Å². The molecule has 0 heterocycles. The zero-order valence-electron chi connectivity index (χ0n) is 10.1. The van der Waals surface area contributed by atoms with Gasteiger partial charge in [0.15, 0.2) is 0 Å². The summed E-state index contributed by atoms with van der Waals surface area (Å²) >= 11 is 0. The van der Waals surface area contributed by atoms with Gasteiger partial charge in [-0.25, -0.2) is 0 Å². The zero-order valence-corrected chi connectivity index (χ0v) is 12.2. The van der Waals surface area contributed by atoms with Crippen LogP contribution in [0.25, 0.3) is 0 Å². The third-order valence-corrected chi connectivity index (χ3v) is 0.816. The summed E-state index contributed by atoms with van der Waals surface area (Å²) in [6.45, 7) is 14.9. The summed E-state index contributed by atoms with van der Waals surface area (Å²) in [5.41, 5.74) is 0. The molecule has 0 radical (unpaired) electrons. The predicted octanol–water partition coefficient (Wildman–Crippen LogP) is 5.13. The van der Waals surface area contributed by atoms with E-state index >= 15 is 0 Å². The number of hydrogen-bond acceptors (Lipinski definition) is 0. The van der Waals surface area contributed by atoms with Crippen LogP contribution in [0, 0.1) is 119 Å². The number of rotatable bonds is 1. The minimum absolute atomic E-state index is 0. The van der Waals surface area contributed by atoms with Crippen LogP contribution in [0.1, 0.15) is 68.7 Å². The molecule has 0 unspecified atom stereocenters. The van der Waals surface area contributed by atoms with Crippen molar-refractivity contribution in [1.82, 2.24) is 0 Å². The van der Waals surface area contributed by atoms with Gasteiger partial charge in [0.05, 0.1) is 0 Å². The van der Waals surface area contributed by atoms with Crippen LogP contribution in [0.3, 0.4) is 0 Å². The van der Waals surface area contributed by atoms with E-state index in [4.69, 9.17) is 0 Å². The zero-order chi connectivity index (χ0) is 8.99. The van der Waals surface area contributed by atoms with Gasteiger partial charge in [-0.2, -0.15) is 0 Å². The van der Waals surface area contributed by atoms with Gasteiger partial charge in [0.25, 0.3) is 0 Å². The minimum atomic E-state index is 0. The SMILES string of the molecule is C.CC.CCC.CCC(C)C.[Ar].[Ar].[Ar]. The van der Waals surface area contributed by atoms with Crippen molar-refractivity contribution < 1.29 is 113 Å². The van der Waals surface area contributed by atoms with Crippen LogP contribution in [0.5, 0.6) is 0 Å². The monoisotopic (exact) mass is 282 g/mol. The quantitative estimate of drug-likeness (QED) is 0.625. The van der Waals surface area contributed by atoms with Crippen molar-refractivity contribution in [1.29, 1.82) is 0 Å². The van der Waals surface area contributed by atoms with Gasteiger partial charge in [-0.05, 0) is 5.92 Å². The van der Waals surface area contributed by atoms with E-state index in [1.807, 2.05) is 13.8 Å². The van der Waals surface area contributed by atoms with Crippen LogP contribution in [0.2, 0.25) is 0 Å². The third-order valence-electron chi connectivity index (χ3n) is 0.816. The molecule has 0 aliphatic carbocycles. The molecule has 0 saturated carbocycles. The Bertz CT molecular complexity index is 31.7. The topological polar surface area (TPSA) is 0 Å². The Kier molecular flexibility index (Phi) is 167. The van der Waals surface area contributed by atoms with Gasteiger partial charge >= 0.3 is 0 Å². The Balaban J connectivity index is -0.00000000993. The summed E-state index contributed by atoms with van der Waals surface area (Å²) in [6.07, 6.45) is 2.56. The molecule has 0 amide bonds. The van der Waals surface area contributed by atoms with Crippen LogP contribution < -0.4 is 0 Å². The molecule has 0 aliphatic rings. The normalized spacial score (nSPS) is 5.14. The summed E-state index contributed by atoms with van der Waals surface area (Å²) < 4.78 is 0. The van der Waals surface area contributed by atoms with E-state index in [-0.39, 0.29) is 121 Å². The molecule has 0 atom stereocenters. The molecular formula is C11H30Ar3. The fourth-order valence-corrected chi connectivity index (χ4v) is 0. The first kappa shape index (κ1) is 43.1. The Morgan fingerprint density at radius 2 is 0.857 bits per heavy atom. The van der Waals surface area contributed by atoms with Crippen molar-refractivity contribution in [3.05, 3.63) is 0 Å². The van der Waals surface area contributed by atoms with Gasteiger partial charge in [0, 0.05) is 113 Å². The molecule has 98 valence electrons. The van der Waals surface area contributed by atoms with Crippen LogP contribution in [0.4, 0.5) is 0 Å². The van der Waals surface area contributed by atoms with Crippen LogP contribution in [-0.4, -0.2) is 0 Å². The van der Waals surface area contributed by atoms with Crippen molar-refractivity contribution in [2.75, 3.05) is 0 Å². The van der Waals surface area contributed by atoms with E-state index in [1.165, 1.54) is 12.8 Å². The second-order valence-electron chi connectivity index (χ2n) is 2.51. The maximum atomic E-state index is 2.22. The fraction of sp³-hybridized carbons (Fsp3) is 1.00. The maximum absolute atomic E-state index is 2.22. The molecule has 3 heteroatoms. The van der Waals surface area contributed by atoms with Gasteiger partial charge < -0.3 is 0 Å². The average Bonchev–Trinajstić information content (AvgIpc) is 1.94. The first-order valence-corrected chi connectivity index (χ1v) is 4.68. The fourth-order valence-electron chi connectivity index (χ4n) is 0. The second-order valence-corrected chi connectivity index (χ2v) is 2.51. The van der Waals surface area contributed by atoms with E-state index in [2.05, 4.69) is 34.6 Å². The molecule has 0 aromatic heterocycles. The van der Waals surface area contributed by atoms with Gasteiger partial charge in [0.1, 0.15) is 0 Å². The molecule has 0 spiro atoms. The number of hydrogen-bond donors (Lipinski definition) is 0. The third kappa shape index (κ3) is 103. The van der Waals surface area contributed by atoms with E-state index in [1.54, 1.807) is 0 Å². The van der Waals surface area contributed by atoms with E-state index < -0.39 is 0 Å². The van der Waals surface area contributed by atoms with E-state index in [0.717, 1.165) is 5.92 Å². The van der Waals surface area contributed by atoms with E-state index in [0.29, 0.717) is 0 Å². The van der Waals surface area contributed by atoms with Gasteiger partial charge in [-0.3, -0.25) is 0 Å². The Labute approximate surface area is 184 Å². The first-order chi connectivity index (χ1) is 4.68. The molecule has 14 heavy (non-hydrogen) atoms. The standard InChI is InChI=1S/C5H12.C3H8.C2H6.CH4.3Ar/c1-4-5(2)3;1-3-2;1-2;;;;/h5H,4H2,1-3H3;3H2,1-2H3;1-2H3;1H4;;;. The molecular weight excluding hydrogens is 252 g/mol. The molecule has 0 fully saturated rings. The molecule has 0 nitrogen and oxygen atoms in total. The summed E-state index contributed by atoms with van der Waals surface area (Å²) in [7, 11) is 0. The predicted molar refractivity (Wildman–Crippen MR) is 59.2 cm³/mol. The summed E-state index contributed by atoms with van der Waals surface area (Å²) in [4.78, 5) is 0. The molecule has 0 saturated heterocycles. The van der Waals surface area contributed by atoms with Crippen molar-refractivity contribution in [2.24, 2.45) is 5.92 Å². The van der Waals surface area contributed by atoms with Crippen LogP contribution >= 0.6 is 0 Å². The minimum Gasteiger partial charge on any atom is -0.0776 e. The summed E-state index contributed by atoms with van der Waals surface area (Å²) in [5.74, 6) is 0.884. The average molecular weight is 282 g/mol.